The summed E-state index contributed by atoms with van der Waals surface area (Å²) in [6, 6.07) is 12.9. The maximum Gasteiger partial charge on any atom is 0.251 e. The third kappa shape index (κ3) is 3.40. The van der Waals surface area contributed by atoms with E-state index in [4.69, 9.17) is 22.9 Å². The van der Waals surface area contributed by atoms with Gasteiger partial charge in [0, 0.05) is 17.5 Å². The van der Waals surface area contributed by atoms with Gasteiger partial charge in [-0.05, 0) is 56.9 Å². The zero-order valence-electron chi connectivity index (χ0n) is 15.2. The van der Waals surface area contributed by atoms with Crippen LogP contribution in [0.3, 0.4) is 0 Å². The molecule has 2 saturated carbocycles. The van der Waals surface area contributed by atoms with Gasteiger partial charge in [-0.2, -0.15) is 0 Å². The second kappa shape index (κ2) is 6.58. The summed E-state index contributed by atoms with van der Waals surface area (Å²) in [5.74, 6) is 0.673. The molecule has 2 aliphatic carbocycles. The number of carbonyl (C=O) groups is 1. The quantitative estimate of drug-likeness (QED) is 0.715. The van der Waals surface area contributed by atoms with Crippen LogP contribution in [-0.2, 0) is 0 Å². The van der Waals surface area contributed by atoms with Crippen molar-refractivity contribution in [2.24, 2.45) is 0 Å². The number of amides is 1. The number of fused-ring (bicyclic) bond motifs is 2. The molecule has 2 bridgehead atoms. The Hall–Kier alpha value is -2.51. The summed E-state index contributed by atoms with van der Waals surface area (Å²) < 4.78 is 6.32. The van der Waals surface area contributed by atoms with Gasteiger partial charge < -0.3 is 10.1 Å². The molecular weight excluding hydrogens is 360 g/mol. The summed E-state index contributed by atoms with van der Waals surface area (Å²) in [6.45, 7) is 9.10. The lowest BCUT2D eigenvalue weighted by Gasteiger charge is -2.29. The zero-order chi connectivity index (χ0) is 19.1. The van der Waals surface area contributed by atoms with Gasteiger partial charge in [0.05, 0.1) is 11.6 Å². The molecule has 0 heterocycles. The van der Waals surface area contributed by atoms with Gasteiger partial charge in [0.15, 0.2) is 0 Å². The number of nitrogens with zero attached hydrogens (tertiary/aromatic N) is 1. The van der Waals surface area contributed by atoms with E-state index in [0.717, 1.165) is 37.7 Å². The number of carbonyl (C=O) groups excluding carboxylic acids is 1. The minimum Gasteiger partial charge on any atom is -0.487 e. The van der Waals surface area contributed by atoms with Crippen LogP contribution in [0, 0.1) is 13.5 Å². The fourth-order valence-electron chi connectivity index (χ4n) is 4.37. The van der Waals surface area contributed by atoms with Gasteiger partial charge in [0.1, 0.15) is 11.4 Å². The van der Waals surface area contributed by atoms with E-state index < -0.39 is 0 Å². The summed E-state index contributed by atoms with van der Waals surface area (Å²) in [7, 11) is 0. The van der Waals surface area contributed by atoms with Gasteiger partial charge in [-0.1, -0.05) is 35.4 Å². The first-order valence-electron chi connectivity index (χ1n) is 9.18. The van der Waals surface area contributed by atoms with E-state index in [0.29, 0.717) is 22.0 Å². The first kappa shape index (κ1) is 17.9. The largest absolute Gasteiger partial charge is 0.487 e. The fraction of sp³-hybridized carbons (Fsp3) is 0.364. The standard InChI is InChI=1S/C22H21ClN2O2/c1-15-3-5-16(6-4-15)20(26)25-21-9-11-22(14-21,12-10-21)27-17-7-8-19(24-2)18(23)13-17/h3-8,13H,9-12,14H2,1H3,(H,25,26). The number of hydrogen-bond acceptors (Lipinski definition) is 2. The van der Waals surface area contributed by atoms with Gasteiger partial charge in [-0.15, -0.1) is 0 Å². The van der Waals surface area contributed by atoms with Crippen LogP contribution >= 0.6 is 11.6 Å². The number of benzene rings is 2. The molecule has 2 aromatic rings. The lowest BCUT2D eigenvalue weighted by atomic mass is 9.92. The van der Waals surface area contributed by atoms with Crippen molar-refractivity contribution in [2.45, 2.75) is 50.2 Å². The highest BCUT2D eigenvalue weighted by atomic mass is 35.5. The lowest BCUT2D eigenvalue weighted by molar-refractivity contribution is 0.0803. The van der Waals surface area contributed by atoms with Crippen LogP contribution in [-0.4, -0.2) is 17.0 Å². The number of hydrogen-bond donors (Lipinski definition) is 1. The van der Waals surface area contributed by atoms with Gasteiger partial charge >= 0.3 is 0 Å². The Bertz CT molecular complexity index is 922. The van der Waals surface area contributed by atoms with Gasteiger partial charge in [0.25, 0.3) is 5.91 Å². The van der Waals surface area contributed by atoms with Crippen LogP contribution in [0.4, 0.5) is 5.69 Å². The molecule has 0 aromatic heterocycles. The summed E-state index contributed by atoms with van der Waals surface area (Å²) in [6.07, 6.45) is 4.45. The van der Waals surface area contributed by atoms with Crippen LogP contribution in [0.25, 0.3) is 4.85 Å². The second-order valence-corrected chi connectivity index (χ2v) is 8.19. The Balaban J connectivity index is 1.46. The molecule has 0 spiro atoms. The Morgan fingerprint density at radius 3 is 2.48 bits per heavy atom. The third-order valence-corrected chi connectivity index (χ3v) is 6.15. The highest BCUT2D eigenvalue weighted by molar-refractivity contribution is 6.33. The molecule has 1 N–H and O–H groups in total. The average Bonchev–Trinajstić information content (AvgIpc) is 3.17. The van der Waals surface area contributed by atoms with E-state index in [1.807, 2.05) is 31.2 Å². The number of rotatable bonds is 4. The van der Waals surface area contributed by atoms with Crippen molar-refractivity contribution in [1.29, 1.82) is 0 Å². The molecule has 0 saturated heterocycles. The topological polar surface area (TPSA) is 42.7 Å². The SMILES string of the molecule is [C-]#[N+]c1ccc(OC23CCC(NC(=O)c4ccc(C)cc4)(CC2)C3)cc1Cl. The highest BCUT2D eigenvalue weighted by Gasteiger charge is 2.56. The molecule has 4 rings (SSSR count). The summed E-state index contributed by atoms with van der Waals surface area (Å²) in [4.78, 5) is 16.1. The van der Waals surface area contributed by atoms with Crippen LogP contribution in [0.2, 0.25) is 5.02 Å². The molecule has 0 unspecified atom stereocenters. The smallest absolute Gasteiger partial charge is 0.251 e. The predicted octanol–water partition coefficient (Wildman–Crippen LogP) is 5.46. The van der Waals surface area contributed by atoms with Crippen molar-refractivity contribution in [3.8, 4) is 5.75 Å². The summed E-state index contributed by atoms with van der Waals surface area (Å²) >= 11 is 6.14. The first-order valence-corrected chi connectivity index (χ1v) is 9.56. The second-order valence-electron chi connectivity index (χ2n) is 7.79. The molecule has 0 radical (unpaired) electrons. The van der Waals surface area contributed by atoms with Crippen molar-refractivity contribution in [3.05, 3.63) is 70.0 Å². The molecule has 27 heavy (non-hydrogen) atoms. The Morgan fingerprint density at radius 1 is 1.15 bits per heavy atom. The Kier molecular flexibility index (Phi) is 4.36. The molecule has 138 valence electrons. The van der Waals surface area contributed by atoms with E-state index in [2.05, 4.69) is 10.2 Å². The molecular formula is C22H21ClN2O2. The van der Waals surface area contributed by atoms with Gasteiger partial charge in [-0.25, -0.2) is 4.85 Å². The molecule has 2 aromatic carbocycles. The van der Waals surface area contributed by atoms with E-state index >= 15 is 0 Å². The average molecular weight is 381 g/mol. The van der Waals surface area contributed by atoms with Crippen LogP contribution in [0.5, 0.6) is 5.75 Å². The lowest BCUT2D eigenvalue weighted by Crippen LogP contribution is -2.45. The molecule has 0 atom stereocenters. The predicted molar refractivity (Wildman–Crippen MR) is 106 cm³/mol. The Morgan fingerprint density at radius 2 is 1.85 bits per heavy atom. The van der Waals surface area contributed by atoms with Crippen LogP contribution in [0.15, 0.2) is 42.5 Å². The first-order chi connectivity index (χ1) is 12.9. The molecule has 2 aliphatic rings. The molecule has 5 heteroatoms. The van der Waals surface area contributed by atoms with Crippen molar-refractivity contribution >= 4 is 23.2 Å². The van der Waals surface area contributed by atoms with E-state index in [-0.39, 0.29) is 17.0 Å². The van der Waals surface area contributed by atoms with Crippen LogP contribution in [0.1, 0.15) is 48.0 Å². The summed E-state index contributed by atoms with van der Waals surface area (Å²) in [5, 5.41) is 3.69. The van der Waals surface area contributed by atoms with E-state index in [9.17, 15) is 4.79 Å². The van der Waals surface area contributed by atoms with Gasteiger partial charge in [-0.3, -0.25) is 4.79 Å². The van der Waals surface area contributed by atoms with Crippen molar-refractivity contribution < 1.29 is 9.53 Å². The minimum absolute atomic E-state index is 0.0165. The van der Waals surface area contributed by atoms with Crippen molar-refractivity contribution in [3.63, 3.8) is 0 Å². The maximum absolute atomic E-state index is 12.7. The van der Waals surface area contributed by atoms with Crippen molar-refractivity contribution in [1.82, 2.24) is 5.32 Å². The molecule has 2 fully saturated rings. The number of aryl methyl sites for hydroxylation is 1. The Labute approximate surface area is 164 Å². The minimum atomic E-state index is -0.260. The third-order valence-electron chi connectivity index (χ3n) is 5.85. The molecule has 1 amide bonds. The maximum atomic E-state index is 12.7. The number of ether oxygens (including phenoxy) is 1. The summed E-state index contributed by atoms with van der Waals surface area (Å²) in [5.41, 5.74) is 1.81. The number of nitrogens with one attached hydrogen (secondary N) is 1. The number of halogens is 1. The van der Waals surface area contributed by atoms with E-state index in [1.165, 1.54) is 0 Å². The van der Waals surface area contributed by atoms with Crippen molar-refractivity contribution in [2.75, 3.05) is 0 Å². The highest BCUT2D eigenvalue weighted by Crippen LogP contribution is 2.53. The normalized spacial score (nSPS) is 25.8. The zero-order valence-corrected chi connectivity index (χ0v) is 16.0. The molecule has 4 nitrogen and oxygen atoms in total. The van der Waals surface area contributed by atoms with Gasteiger partial charge in [0.2, 0.25) is 5.69 Å². The monoisotopic (exact) mass is 380 g/mol. The molecule has 0 aliphatic heterocycles. The van der Waals surface area contributed by atoms with Crippen LogP contribution < -0.4 is 10.1 Å². The fourth-order valence-corrected chi connectivity index (χ4v) is 4.58. The van der Waals surface area contributed by atoms with E-state index in [1.54, 1.807) is 18.2 Å².